The van der Waals surface area contributed by atoms with Crippen molar-refractivity contribution in [2.45, 2.75) is 46.2 Å². The molecule has 0 aliphatic heterocycles. The molecule has 2 aromatic heterocycles. The average Bonchev–Trinajstić information content (AvgIpc) is 3.01. The van der Waals surface area contributed by atoms with Crippen molar-refractivity contribution in [3.63, 3.8) is 0 Å². The van der Waals surface area contributed by atoms with E-state index in [1.807, 2.05) is 46.3 Å². The molecule has 0 spiro atoms. The van der Waals surface area contributed by atoms with Gasteiger partial charge in [0.1, 0.15) is 5.01 Å². The summed E-state index contributed by atoms with van der Waals surface area (Å²) in [6.45, 7) is 7.90. The molecule has 0 fully saturated rings. The number of aryl methyl sites for hydroxylation is 3. The lowest BCUT2D eigenvalue weighted by Crippen LogP contribution is -2.39. The molecule has 0 aliphatic carbocycles. The Morgan fingerprint density at radius 2 is 2.14 bits per heavy atom. The van der Waals surface area contributed by atoms with Crippen LogP contribution in [0.25, 0.3) is 0 Å². The summed E-state index contributed by atoms with van der Waals surface area (Å²) in [7, 11) is 1.88. The molecule has 0 saturated heterocycles. The lowest BCUT2D eigenvalue weighted by atomic mass is 10.1. The molecule has 7 heteroatoms. The molecule has 22 heavy (non-hydrogen) atoms. The summed E-state index contributed by atoms with van der Waals surface area (Å²) in [5.41, 5.74) is 2.94. The highest BCUT2D eigenvalue weighted by atomic mass is 32.1. The Morgan fingerprint density at radius 3 is 2.64 bits per heavy atom. The minimum atomic E-state index is -0.185. The Bertz CT molecular complexity index is 648. The fourth-order valence-electron chi connectivity index (χ4n) is 2.39. The number of urea groups is 1. The molecule has 0 aliphatic rings. The number of amides is 2. The zero-order valence-corrected chi connectivity index (χ0v) is 14.5. The maximum absolute atomic E-state index is 12.2. The van der Waals surface area contributed by atoms with Crippen LogP contribution in [0.4, 0.5) is 4.79 Å². The van der Waals surface area contributed by atoms with E-state index in [1.54, 1.807) is 16.0 Å². The molecule has 2 N–H and O–H groups in total. The van der Waals surface area contributed by atoms with Crippen molar-refractivity contribution in [3.8, 4) is 0 Å². The number of carbonyl (C=O) groups is 1. The number of nitrogens with zero attached hydrogens (tertiary/aromatic N) is 3. The van der Waals surface area contributed by atoms with Crippen LogP contribution in [0.2, 0.25) is 0 Å². The van der Waals surface area contributed by atoms with Gasteiger partial charge in [0.15, 0.2) is 0 Å². The van der Waals surface area contributed by atoms with E-state index < -0.39 is 0 Å². The van der Waals surface area contributed by atoms with E-state index in [-0.39, 0.29) is 18.1 Å². The van der Waals surface area contributed by atoms with Gasteiger partial charge in [-0.1, -0.05) is 6.92 Å². The van der Waals surface area contributed by atoms with Crippen molar-refractivity contribution in [1.29, 1.82) is 0 Å². The molecule has 2 amide bonds. The number of hydrogen-bond acceptors (Lipinski definition) is 4. The van der Waals surface area contributed by atoms with E-state index in [1.165, 1.54) is 0 Å². The minimum Gasteiger partial charge on any atom is -0.332 e. The van der Waals surface area contributed by atoms with Crippen molar-refractivity contribution in [1.82, 2.24) is 25.4 Å². The summed E-state index contributed by atoms with van der Waals surface area (Å²) in [6, 6.07) is -0.333. The van der Waals surface area contributed by atoms with Gasteiger partial charge in [0, 0.05) is 29.9 Å². The van der Waals surface area contributed by atoms with Gasteiger partial charge in [-0.25, -0.2) is 9.78 Å². The zero-order valence-electron chi connectivity index (χ0n) is 13.7. The van der Waals surface area contributed by atoms with Crippen molar-refractivity contribution < 1.29 is 4.79 Å². The van der Waals surface area contributed by atoms with E-state index in [4.69, 9.17) is 0 Å². The maximum Gasteiger partial charge on any atom is 0.315 e. The first kappa shape index (κ1) is 16.5. The highest BCUT2D eigenvalue weighted by Gasteiger charge is 2.18. The van der Waals surface area contributed by atoms with Gasteiger partial charge in [-0.05, 0) is 27.2 Å². The average molecular weight is 321 g/mol. The summed E-state index contributed by atoms with van der Waals surface area (Å²) >= 11 is 1.58. The second-order valence-corrected chi connectivity index (χ2v) is 6.36. The third kappa shape index (κ3) is 3.85. The Morgan fingerprint density at radius 1 is 1.41 bits per heavy atom. The molecule has 0 saturated carbocycles. The largest absolute Gasteiger partial charge is 0.332 e. The number of hydrogen-bond donors (Lipinski definition) is 2. The molecule has 0 unspecified atom stereocenters. The first-order valence-corrected chi connectivity index (χ1v) is 8.27. The fraction of sp³-hybridized carbons (Fsp3) is 0.533. The molecular weight excluding hydrogens is 298 g/mol. The van der Waals surface area contributed by atoms with Crippen LogP contribution >= 0.6 is 11.3 Å². The van der Waals surface area contributed by atoms with Crippen LogP contribution in [0.5, 0.6) is 0 Å². The lowest BCUT2D eigenvalue weighted by Gasteiger charge is -2.18. The fourth-order valence-corrected chi connectivity index (χ4v) is 3.32. The second-order valence-electron chi connectivity index (χ2n) is 5.47. The topological polar surface area (TPSA) is 71.8 Å². The second kappa shape index (κ2) is 6.91. The number of aromatic nitrogens is 3. The molecule has 0 bridgehead atoms. The van der Waals surface area contributed by atoms with Gasteiger partial charge in [0.05, 0.1) is 17.8 Å². The monoisotopic (exact) mass is 321 g/mol. The van der Waals surface area contributed by atoms with E-state index in [0.717, 1.165) is 28.4 Å². The van der Waals surface area contributed by atoms with Crippen molar-refractivity contribution in [2.75, 3.05) is 0 Å². The summed E-state index contributed by atoms with van der Waals surface area (Å²) in [6.07, 6.45) is 2.74. The molecular formula is C15H23N5OS. The standard InChI is InChI=1S/C15H23N5OS/c1-6-13(14-16-9(2)8-22-14)18-15(21)17-10(3)12-7-20(5)19-11(12)4/h7-8,10,13H,6H2,1-5H3,(H2,17,18,21)/t10-,13-/m1/s1. The Labute approximate surface area is 135 Å². The van der Waals surface area contributed by atoms with E-state index in [2.05, 4.69) is 20.7 Å². The maximum atomic E-state index is 12.2. The van der Waals surface area contributed by atoms with Gasteiger partial charge in [-0.3, -0.25) is 4.68 Å². The number of nitrogens with one attached hydrogen (secondary N) is 2. The zero-order chi connectivity index (χ0) is 16.3. The van der Waals surface area contributed by atoms with Gasteiger partial charge in [0.2, 0.25) is 0 Å². The van der Waals surface area contributed by atoms with Gasteiger partial charge in [0.25, 0.3) is 0 Å². The number of thiazole rings is 1. The molecule has 2 atom stereocenters. The molecule has 2 heterocycles. The van der Waals surface area contributed by atoms with Crippen LogP contribution in [0.3, 0.4) is 0 Å². The molecule has 2 aromatic rings. The van der Waals surface area contributed by atoms with Crippen LogP contribution < -0.4 is 10.6 Å². The first-order valence-electron chi connectivity index (χ1n) is 7.39. The van der Waals surface area contributed by atoms with Crippen LogP contribution in [0.1, 0.15) is 54.3 Å². The van der Waals surface area contributed by atoms with E-state index in [0.29, 0.717) is 0 Å². The molecule has 120 valence electrons. The number of rotatable bonds is 5. The quantitative estimate of drug-likeness (QED) is 0.889. The highest BCUT2D eigenvalue weighted by Crippen LogP contribution is 2.21. The third-order valence-corrected chi connectivity index (χ3v) is 4.59. The summed E-state index contributed by atoms with van der Waals surface area (Å²) in [5.74, 6) is 0. The van der Waals surface area contributed by atoms with Crippen molar-refractivity contribution in [2.24, 2.45) is 7.05 Å². The highest BCUT2D eigenvalue weighted by molar-refractivity contribution is 7.09. The predicted octanol–water partition coefficient (Wildman–Crippen LogP) is 3.00. The van der Waals surface area contributed by atoms with E-state index >= 15 is 0 Å². The summed E-state index contributed by atoms with van der Waals surface area (Å²) in [4.78, 5) is 16.7. The van der Waals surface area contributed by atoms with Crippen molar-refractivity contribution >= 4 is 17.4 Å². The van der Waals surface area contributed by atoms with Gasteiger partial charge < -0.3 is 10.6 Å². The normalized spacial score (nSPS) is 13.7. The molecule has 6 nitrogen and oxygen atoms in total. The number of carbonyl (C=O) groups excluding carboxylic acids is 1. The van der Waals surface area contributed by atoms with Crippen molar-refractivity contribution in [3.05, 3.63) is 33.5 Å². The lowest BCUT2D eigenvalue weighted by molar-refractivity contribution is 0.233. The third-order valence-electron chi connectivity index (χ3n) is 3.51. The van der Waals surface area contributed by atoms with Crippen LogP contribution in [0.15, 0.2) is 11.6 Å². The smallest absolute Gasteiger partial charge is 0.315 e. The Balaban J connectivity index is 1.98. The molecule has 0 radical (unpaired) electrons. The van der Waals surface area contributed by atoms with Crippen LogP contribution in [0, 0.1) is 13.8 Å². The summed E-state index contributed by atoms with van der Waals surface area (Å²) in [5, 5.41) is 13.2. The minimum absolute atomic E-state index is 0.0547. The van der Waals surface area contributed by atoms with Gasteiger partial charge in [-0.15, -0.1) is 11.3 Å². The molecule has 2 rings (SSSR count). The van der Waals surface area contributed by atoms with E-state index in [9.17, 15) is 4.79 Å². The van der Waals surface area contributed by atoms with Crippen LogP contribution in [-0.4, -0.2) is 20.8 Å². The molecule has 0 aromatic carbocycles. The first-order chi connectivity index (χ1) is 10.4. The van der Waals surface area contributed by atoms with Gasteiger partial charge >= 0.3 is 6.03 Å². The predicted molar refractivity (Wildman–Crippen MR) is 87.9 cm³/mol. The van der Waals surface area contributed by atoms with Crippen LogP contribution in [-0.2, 0) is 7.05 Å². The Hall–Kier alpha value is -1.89. The summed E-state index contributed by atoms with van der Waals surface area (Å²) < 4.78 is 1.76. The SMILES string of the molecule is CC[C@@H](NC(=O)N[C@H](C)c1cn(C)nc1C)c1nc(C)cs1. The van der Waals surface area contributed by atoms with Gasteiger partial charge in [-0.2, -0.15) is 5.10 Å². The Kier molecular flexibility index (Phi) is 5.18.